The van der Waals surface area contributed by atoms with E-state index in [1.807, 2.05) is 24.3 Å². The smallest absolute Gasteiger partial charge is 0.230 e. The Balaban J connectivity index is 1.32. The average molecular weight is 443 g/mol. The summed E-state index contributed by atoms with van der Waals surface area (Å²) in [5.41, 5.74) is 5.28. The number of fused-ring (bicyclic) bond motifs is 1. The molecule has 4 rings (SSSR count). The van der Waals surface area contributed by atoms with E-state index in [0.29, 0.717) is 41.4 Å². The molecule has 3 aromatic rings. The number of benzene rings is 1. The summed E-state index contributed by atoms with van der Waals surface area (Å²) in [5, 5.41) is 11.6. The van der Waals surface area contributed by atoms with Crippen LogP contribution in [0.4, 0.5) is 0 Å². The van der Waals surface area contributed by atoms with Crippen LogP contribution >= 0.6 is 11.8 Å². The number of rotatable bonds is 9. The normalized spacial score (nSPS) is 14.9. The van der Waals surface area contributed by atoms with Gasteiger partial charge in [-0.05, 0) is 24.3 Å². The first-order valence-electron chi connectivity index (χ1n) is 9.63. The Labute approximate surface area is 182 Å². The molecule has 10 nitrogen and oxygen atoms in total. The Hall–Kier alpha value is -3.47. The fraction of sp³-hybridized carbons (Fsp3) is 0.300. The third-order valence-corrected chi connectivity index (χ3v) is 5.43. The molecule has 0 saturated heterocycles. The third-order valence-electron chi connectivity index (χ3n) is 4.47. The fourth-order valence-corrected chi connectivity index (χ4v) is 3.77. The lowest BCUT2D eigenvalue weighted by Crippen LogP contribution is -2.41. The number of para-hydroxylation sites is 2. The molecular weight excluding hydrogens is 422 g/mol. The van der Waals surface area contributed by atoms with E-state index in [1.165, 1.54) is 18.0 Å². The Bertz CT molecular complexity index is 1050. The monoisotopic (exact) mass is 443 g/mol. The topological polar surface area (TPSA) is 134 Å². The fourth-order valence-electron chi connectivity index (χ4n) is 2.98. The summed E-state index contributed by atoms with van der Waals surface area (Å²) in [6, 6.07) is 10.9. The molecule has 0 bridgehead atoms. The quantitative estimate of drug-likeness (QED) is 0.475. The maximum Gasteiger partial charge on any atom is 0.230 e. The first-order chi connectivity index (χ1) is 15.1. The van der Waals surface area contributed by atoms with Crippen molar-refractivity contribution >= 4 is 23.6 Å². The van der Waals surface area contributed by atoms with Crippen molar-refractivity contribution in [2.75, 3.05) is 18.9 Å². The van der Waals surface area contributed by atoms with Crippen molar-refractivity contribution in [3.8, 4) is 23.1 Å². The standard InChI is InChI=1S/C20H21N5O5S/c21-17(26)7-8-25-19(16-6-3-9-28-16)23-24-20(25)31-12-18(27)22-10-13-11-29-14-4-1-2-5-15(14)30-13/h1-6,9,13H,7-8,10-12H2,(H2,21,26)(H,22,27). The van der Waals surface area contributed by atoms with Gasteiger partial charge in [0.1, 0.15) is 12.7 Å². The van der Waals surface area contributed by atoms with E-state index in [4.69, 9.17) is 19.6 Å². The largest absolute Gasteiger partial charge is 0.486 e. The molecule has 0 saturated carbocycles. The van der Waals surface area contributed by atoms with Gasteiger partial charge in [-0.1, -0.05) is 23.9 Å². The Morgan fingerprint density at radius 2 is 2.03 bits per heavy atom. The Morgan fingerprint density at radius 1 is 1.19 bits per heavy atom. The molecule has 2 amide bonds. The predicted molar refractivity (Wildman–Crippen MR) is 112 cm³/mol. The minimum atomic E-state index is -0.441. The minimum absolute atomic E-state index is 0.117. The van der Waals surface area contributed by atoms with E-state index in [1.54, 1.807) is 16.7 Å². The molecule has 1 aliphatic rings. The molecule has 31 heavy (non-hydrogen) atoms. The summed E-state index contributed by atoms with van der Waals surface area (Å²) in [6.07, 6.45) is 1.37. The summed E-state index contributed by atoms with van der Waals surface area (Å²) < 4.78 is 18.6. The van der Waals surface area contributed by atoms with Gasteiger partial charge in [0.2, 0.25) is 11.8 Å². The zero-order valence-electron chi connectivity index (χ0n) is 16.5. The highest BCUT2D eigenvalue weighted by Crippen LogP contribution is 2.30. The van der Waals surface area contributed by atoms with Crippen molar-refractivity contribution in [3.63, 3.8) is 0 Å². The molecule has 1 aliphatic heterocycles. The van der Waals surface area contributed by atoms with E-state index in [9.17, 15) is 9.59 Å². The van der Waals surface area contributed by atoms with Gasteiger partial charge in [-0.3, -0.25) is 14.2 Å². The van der Waals surface area contributed by atoms with Gasteiger partial charge >= 0.3 is 0 Å². The van der Waals surface area contributed by atoms with Crippen LogP contribution in [0.25, 0.3) is 11.6 Å². The lowest BCUT2D eigenvalue weighted by atomic mass is 10.2. The zero-order chi connectivity index (χ0) is 21.6. The molecule has 162 valence electrons. The van der Waals surface area contributed by atoms with Crippen molar-refractivity contribution in [2.24, 2.45) is 5.73 Å². The van der Waals surface area contributed by atoms with Gasteiger partial charge in [-0.25, -0.2) is 0 Å². The van der Waals surface area contributed by atoms with E-state index >= 15 is 0 Å². The number of nitrogens with one attached hydrogen (secondary N) is 1. The van der Waals surface area contributed by atoms with Crippen molar-refractivity contribution in [1.82, 2.24) is 20.1 Å². The highest BCUT2D eigenvalue weighted by Gasteiger charge is 2.22. The van der Waals surface area contributed by atoms with Crippen molar-refractivity contribution in [1.29, 1.82) is 0 Å². The van der Waals surface area contributed by atoms with Gasteiger partial charge in [0, 0.05) is 13.0 Å². The Kier molecular flexibility index (Phi) is 6.41. The van der Waals surface area contributed by atoms with Gasteiger partial charge in [0.25, 0.3) is 0 Å². The molecule has 1 atom stereocenters. The number of aromatic nitrogens is 3. The molecule has 0 spiro atoms. The van der Waals surface area contributed by atoms with Crippen LogP contribution in [0.15, 0.2) is 52.2 Å². The average Bonchev–Trinajstić information content (AvgIpc) is 3.44. The second-order valence-electron chi connectivity index (χ2n) is 6.74. The number of hydrogen-bond acceptors (Lipinski definition) is 8. The number of nitrogens with zero attached hydrogens (tertiary/aromatic N) is 3. The van der Waals surface area contributed by atoms with Crippen molar-refractivity contribution in [2.45, 2.75) is 24.2 Å². The second kappa shape index (κ2) is 9.56. The Morgan fingerprint density at radius 3 is 2.81 bits per heavy atom. The third kappa shape index (κ3) is 5.18. The molecule has 3 N–H and O–H groups in total. The second-order valence-corrected chi connectivity index (χ2v) is 7.68. The number of nitrogens with two attached hydrogens (primary N) is 1. The molecular formula is C20H21N5O5S. The minimum Gasteiger partial charge on any atom is -0.486 e. The van der Waals surface area contributed by atoms with Crippen LogP contribution in [0.2, 0.25) is 0 Å². The van der Waals surface area contributed by atoms with Crippen LogP contribution in [0, 0.1) is 0 Å². The predicted octanol–water partition coefficient (Wildman–Crippen LogP) is 1.46. The summed E-state index contributed by atoms with van der Waals surface area (Å²) >= 11 is 1.21. The number of amides is 2. The van der Waals surface area contributed by atoms with Gasteiger partial charge in [-0.15, -0.1) is 10.2 Å². The van der Waals surface area contributed by atoms with Crippen LogP contribution in [-0.2, 0) is 16.1 Å². The van der Waals surface area contributed by atoms with Crippen LogP contribution < -0.4 is 20.5 Å². The summed E-state index contributed by atoms with van der Waals surface area (Å²) in [7, 11) is 0. The van der Waals surface area contributed by atoms with E-state index in [0.717, 1.165) is 0 Å². The number of carbonyl (C=O) groups is 2. The summed E-state index contributed by atoms with van der Waals surface area (Å²) in [4.78, 5) is 23.6. The van der Waals surface area contributed by atoms with E-state index in [-0.39, 0.29) is 30.7 Å². The van der Waals surface area contributed by atoms with Crippen LogP contribution in [0.1, 0.15) is 6.42 Å². The molecule has 3 heterocycles. The van der Waals surface area contributed by atoms with Gasteiger partial charge in [0.15, 0.2) is 28.2 Å². The van der Waals surface area contributed by atoms with E-state index in [2.05, 4.69) is 15.5 Å². The highest BCUT2D eigenvalue weighted by atomic mass is 32.2. The van der Waals surface area contributed by atoms with Crippen LogP contribution in [0.5, 0.6) is 11.5 Å². The molecule has 0 fully saturated rings. The first-order valence-corrected chi connectivity index (χ1v) is 10.6. The van der Waals surface area contributed by atoms with Crippen molar-refractivity contribution < 1.29 is 23.5 Å². The van der Waals surface area contributed by atoms with Gasteiger partial charge < -0.3 is 24.9 Å². The molecule has 0 aliphatic carbocycles. The maximum atomic E-state index is 12.3. The number of hydrogen-bond donors (Lipinski definition) is 2. The molecule has 2 aromatic heterocycles. The SMILES string of the molecule is NC(=O)CCn1c(SCC(=O)NCC2COc3ccccc3O2)nnc1-c1ccco1. The molecule has 0 radical (unpaired) electrons. The van der Waals surface area contributed by atoms with Gasteiger partial charge in [0.05, 0.1) is 18.6 Å². The number of furan rings is 1. The maximum absolute atomic E-state index is 12.3. The number of primary amides is 1. The first kappa shape index (κ1) is 20.8. The number of thioether (sulfide) groups is 1. The number of carbonyl (C=O) groups excluding carboxylic acids is 2. The van der Waals surface area contributed by atoms with Crippen molar-refractivity contribution in [3.05, 3.63) is 42.7 Å². The van der Waals surface area contributed by atoms with Crippen LogP contribution in [0.3, 0.4) is 0 Å². The lowest BCUT2D eigenvalue weighted by Gasteiger charge is -2.26. The molecule has 1 aromatic carbocycles. The zero-order valence-corrected chi connectivity index (χ0v) is 17.3. The summed E-state index contributed by atoms with van der Waals surface area (Å²) in [5.74, 6) is 1.85. The number of ether oxygens (including phenoxy) is 2. The van der Waals surface area contributed by atoms with Crippen LogP contribution in [-0.4, -0.2) is 51.6 Å². The van der Waals surface area contributed by atoms with E-state index < -0.39 is 5.91 Å². The molecule has 1 unspecified atom stereocenters. The summed E-state index contributed by atoms with van der Waals surface area (Å²) in [6.45, 7) is 0.965. The molecule has 11 heteroatoms. The lowest BCUT2D eigenvalue weighted by molar-refractivity contribution is -0.119. The van der Waals surface area contributed by atoms with Gasteiger partial charge in [-0.2, -0.15) is 0 Å². The highest BCUT2D eigenvalue weighted by molar-refractivity contribution is 7.99.